The van der Waals surface area contributed by atoms with Gasteiger partial charge in [0.15, 0.2) is 0 Å². The maximum atomic E-state index is 10.9. The van der Waals surface area contributed by atoms with Crippen LogP contribution < -0.4 is 5.73 Å². The Labute approximate surface area is 102 Å². The first-order valence-electron chi connectivity index (χ1n) is 4.41. The van der Waals surface area contributed by atoms with Gasteiger partial charge < -0.3 is 10.5 Å². The van der Waals surface area contributed by atoms with Gasteiger partial charge in [-0.2, -0.15) is 0 Å². The molecule has 0 saturated heterocycles. The van der Waals surface area contributed by atoms with Crippen LogP contribution in [0.15, 0.2) is 36.0 Å². The maximum absolute atomic E-state index is 10.9. The van der Waals surface area contributed by atoms with Crippen molar-refractivity contribution in [3.63, 3.8) is 0 Å². The summed E-state index contributed by atoms with van der Waals surface area (Å²) in [6.07, 6.45) is 1.87. The van der Waals surface area contributed by atoms with Gasteiger partial charge in [-0.25, -0.2) is 4.79 Å². The summed E-state index contributed by atoms with van der Waals surface area (Å²) in [5.74, 6) is -0.418. The number of esters is 1. The topological polar surface area (TPSA) is 52.3 Å². The molecular formula is C11H12INO2. The minimum absolute atomic E-state index is 0.418. The van der Waals surface area contributed by atoms with E-state index in [9.17, 15) is 4.79 Å². The van der Waals surface area contributed by atoms with Crippen molar-refractivity contribution >= 4 is 28.6 Å². The number of methoxy groups -OCH3 is 1. The van der Waals surface area contributed by atoms with Gasteiger partial charge in [-0.1, -0.05) is 18.2 Å². The zero-order valence-electron chi connectivity index (χ0n) is 8.37. The number of hydrogen-bond donors (Lipinski definition) is 1. The monoisotopic (exact) mass is 317 g/mol. The largest absolute Gasteiger partial charge is 0.466 e. The van der Waals surface area contributed by atoms with E-state index in [1.165, 1.54) is 13.2 Å². The third-order valence-corrected chi connectivity index (χ3v) is 2.91. The molecule has 0 bridgehead atoms. The van der Waals surface area contributed by atoms with E-state index < -0.39 is 5.97 Å². The molecule has 0 radical (unpaired) electrons. The van der Waals surface area contributed by atoms with E-state index in [0.717, 1.165) is 9.13 Å². The molecule has 2 N–H and O–H groups in total. The highest BCUT2D eigenvalue weighted by molar-refractivity contribution is 14.1. The third kappa shape index (κ3) is 3.91. The molecule has 0 heterocycles. The predicted molar refractivity (Wildman–Crippen MR) is 67.1 cm³/mol. The van der Waals surface area contributed by atoms with Gasteiger partial charge in [0.2, 0.25) is 0 Å². The Morgan fingerprint density at radius 2 is 2.20 bits per heavy atom. The Kier molecular flexibility index (Phi) is 4.61. The molecule has 0 aliphatic carbocycles. The molecule has 0 saturated carbocycles. The first-order chi connectivity index (χ1) is 7.13. The highest BCUT2D eigenvalue weighted by atomic mass is 127. The van der Waals surface area contributed by atoms with Crippen LogP contribution in [-0.2, 0) is 16.0 Å². The molecule has 0 atom stereocenters. The van der Waals surface area contributed by atoms with Gasteiger partial charge in [-0.3, -0.25) is 0 Å². The first kappa shape index (κ1) is 12.0. The molecule has 1 aromatic rings. The lowest BCUT2D eigenvalue weighted by molar-refractivity contribution is -0.134. The lowest BCUT2D eigenvalue weighted by atomic mass is 10.1. The van der Waals surface area contributed by atoms with E-state index >= 15 is 0 Å². The minimum atomic E-state index is -0.418. The molecule has 0 spiro atoms. The molecule has 0 aromatic heterocycles. The number of benzene rings is 1. The van der Waals surface area contributed by atoms with Crippen LogP contribution >= 0.6 is 22.6 Å². The summed E-state index contributed by atoms with van der Waals surface area (Å²) in [7, 11) is 1.33. The van der Waals surface area contributed by atoms with Crippen molar-refractivity contribution in [2.45, 2.75) is 6.42 Å². The van der Waals surface area contributed by atoms with Crippen molar-refractivity contribution in [1.29, 1.82) is 0 Å². The third-order valence-electron chi connectivity index (χ3n) is 1.86. The second-order valence-electron chi connectivity index (χ2n) is 3.01. The average Bonchev–Trinajstić information content (AvgIpc) is 2.21. The number of nitrogens with two attached hydrogens (primary N) is 1. The van der Waals surface area contributed by atoms with Crippen molar-refractivity contribution in [3.05, 3.63) is 45.2 Å². The molecule has 0 fully saturated rings. The molecule has 1 rings (SSSR count). The highest BCUT2D eigenvalue weighted by Gasteiger charge is 2.02. The second kappa shape index (κ2) is 5.75. The summed E-state index contributed by atoms with van der Waals surface area (Å²) in [5, 5.41) is 0. The number of carbonyl (C=O) groups is 1. The minimum Gasteiger partial charge on any atom is -0.466 e. The second-order valence-corrected chi connectivity index (χ2v) is 4.17. The van der Waals surface area contributed by atoms with Crippen LogP contribution in [0.3, 0.4) is 0 Å². The van der Waals surface area contributed by atoms with Gasteiger partial charge in [0.1, 0.15) is 0 Å². The summed E-state index contributed by atoms with van der Waals surface area (Å²) in [6, 6.07) is 7.90. The quantitative estimate of drug-likeness (QED) is 0.526. The van der Waals surface area contributed by atoms with Gasteiger partial charge in [0.05, 0.1) is 7.11 Å². The molecule has 0 aliphatic heterocycles. The molecule has 0 aliphatic rings. The number of carbonyl (C=O) groups excluding carboxylic acids is 1. The predicted octanol–water partition coefficient (Wildman–Crippen LogP) is 1.85. The van der Waals surface area contributed by atoms with Crippen molar-refractivity contribution in [1.82, 2.24) is 0 Å². The smallest absolute Gasteiger partial charge is 0.332 e. The van der Waals surface area contributed by atoms with E-state index in [1.54, 1.807) is 0 Å². The standard InChI is InChI=1S/C11H12INO2/c1-15-11(14)7-9(13)6-8-4-2-3-5-10(8)12/h2-5,7H,6,13H2,1H3. The van der Waals surface area contributed by atoms with Crippen LogP contribution in [0.5, 0.6) is 0 Å². The fourth-order valence-electron chi connectivity index (χ4n) is 1.12. The van der Waals surface area contributed by atoms with E-state index in [2.05, 4.69) is 27.3 Å². The summed E-state index contributed by atoms with van der Waals surface area (Å²) in [5.41, 5.74) is 7.32. The zero-order valence-corrected chi connectivity index (χ0v) is 10.5. The number of halogens is 1. The normalized spacial score (nSPS) is 11.2. The first-order valence-corrected chi connectivity index (χ1v) is 5.48. The van der Waals surface area contributed by atoms with Gasteiger partial charge in [-0.05, 0) is 34.2 Å². The summed E-state index contributed by atoms with van der Waals surface area (Å²) >= 11 is 2.24. The number of rotatable bonds is 3. The van der Waals surface area contributed by atoms with Crippen LogP contribution in [0.4, 0.5) is 0 Å². The van der Waals surface area contributed by atoms with Gasteiger partial charge >= 0.3 is 5.97 Å². The Morgan fingerprint density at radius 1 is 1.53 bits per heavy atom. The van der Waals surface area contributed by atoms with E-state index in [0.29, 0.717) is 12.1 Å². The van der Waals surface area contributed by atoms with Crippen molar-refractivity contribution in [3.8, 4) is 0 Å². The van der Waals surface area contributed by atoms with E-state index in [-0.39, 0.29) is 0 Å². The number of hydrogen-bond acceptors (Lipinski definition) is 3. The Balaban J connectivity index is 2.74. The van der Waals surface area contributed by atoms with Crippen LogP contribution in [0.25, 0.3) is 0 Å². The maximum Gasteiger partial charge on any atom is 0.332 e. The molecular weight excluding hydrogens is 305 g/mol. The van der Waals surface area contributed by atoms with Gasteiger partial charge in [0, 0.05) is 21.8 Å². The summed E-state index contributed by atoms with van der Waals surface area (Å²) in [4.78, 5) is 10.9. The summed E-state index contributed by atoms with van der Waals surface area (Å²) in [6.45, 7) is 0. The number of ether oxygens (including phenoxy) is 1. The van der Waals surface area contributed by atoms with E-state index in [4.69, 9.17) is 5.73 Å². The summed E-state index contributed by atoms with van der Waals surface area (Å²) < 4.78 is 5.63. The Bertz CT molecular complexity index is 388. The molecule has 3 nitrogen and oxygen atoms in total. The molecule has 15 heavy (non-hydrogen) atoms. The van der Waals surface area contributed by atoms with Crippen LogP contribution in [0.1, 0.15) is 5.56 Å². The fraction of sp³-hybridized carbons (Fsp3) is 0.182. The van der Waals surface area contributed by atoms with Crippen LogP contribution in [-0.4, -0.2) is 13.1 Å². The average molecular weight is 317 g/mol. The van der Waals surface area contributed by atoms with Crippen LogP contribution in [0, 0.1) is 3.57 Å². The lowest BCUT2D eigenvalue weighted by Gasteiger charge is -2.04. The fourth-order valence-corrected chi connectivity index (χ4v) is 1.70. The van der Waals surface area contributed by atoms with Crippen molar-refractivity contribution < 1.29 is 9.53 Å². The molecule has 0 unspecified atom stereocenters. The Hall–Kier alpha value is -1.04. The van der Waals surface area contributed by atoms with Crippen LogP contribution in [0.2, 0.25) is 0 Å². The molecule has 1 aromatic carbocycles. The highest BCUT2D eigenvalue weighted by Crippen LogP contribution is 2.13. The van der Waals surface area contributed by atoms with Gasteiger partial charge in [0.25, 0.3) is 0 Å². The SMILES string of the molecule is COC(=O)C=C(N)Cc1ccccc1I. The van der Waals surface area contributed by atoms with E-state index in [1.807, 2.05) is 24.3 Å². The Morgan fingerprint density at radius 3 is 2.80 bits per heavy atom. The van der Waals surface area contributed by atoms with Gasteiger partial charge in [-0.15, -0.1) is 0 Å². The molecule has 80 valence electrons. The molecule has 4 heteroatoms. The lowest BCUT2D eigenvalue weighted by Crippen LogP contribution is -2.07. The van der Waals surface area contributed by atoms with Crippen molar-refractivity contribution in [2.75, 3.05) is 7.11 Å². The van der Waals surface area contributed by atoms with Crippen molar-refractivity contribution in [2.24, 2.45) is 5.73 Å². The number of allylic oxidation sites excluding steroid dienone is 1. The zero-order chi connectivity index (χ0) is 11.3. The molecule has 0 amide bonds.